The molecule has 0 radical (unpaired) electrons. The Hall–Kier alpha value is -1.97. The van der Waals surface area contributed by atoms with Gasteiger partial charge in [-0.3, -0.25) is 4.79 Å². The van der Waals surface area contributed by atoms with Crippen LogP contribution in [0.2, 0.25) is 0 Å². The van der Waals surface area contributed by atoms with Crippen LogP contribution in [-0.4, -0.2) is 18.7 Å². The zero-order chi connectivity index (χ0) is 14.7. The first-order valence-electron chi connectivity index (χ1n) is 7.59. The average molecular weight is 287 g/mol. The predicted octanol–water partition coefficient (Wildman–Crippen LogP) is 3.12. The van der Waals surface area contributed by atoms with Crippen LogP contribution in [0.1, 0.15) is 38.2 Å². The summed E-state index contributed by atoms with van der Waals surface area (Å²) >= 11 is 0. The van der Waals surface area contributed by atoms with E-state index in [0.29, 0.717) is 12.0 Å². The monoisotopic (exact) mass is 287 g/mol. The molecule has 1 aliphatic heterocycles. The summed E-state index contributed by atoms with van der Waals surface area (Å²) in [6.45, 7) is 2.52. The Morgan fingerprint density at radius 3 is 3.00 bits per heavy atom. The molecule has 1 N–H and O–H groups in total. The molecule has 0 spiro atoms. The van der Waals surface area contributed by atoms with Crippen LogP contribution in [0.25, 0.3) is 6.08 Å². The van der Waals surface area contributed by atoms with E-state index in [9.17, 15) is 4.79 Å². The Morgan fingerprint density at radius 1 is 1.29 bits per heavy atom. The molecular formula is C17H21NO3. The van der Waals surface area contributed by atoms with E-state index >= 15 is 0 Å². The van der Waals surface area contributed by atoms with Crippen molar-refractivity contribution in [2.45, 2.75) is 38.6 Å². The maximum absolute atomic E-state index is 12.0. The fraction of sp³-hybridized carbons (Fsp3) is 0.471. The molecule has 0 bridgehead atoms. The third-order valence-corrected chi connectivity index (χ3v) is 4.11. The van der Waals surface area contributed by atoms with Crippen LogP contribution in [0.15, 0.2) is 24.3 Å². The van der Waals surface area contributed by atoms with Crippen LogP contribution in [-0.2, 0) is 4.79 Å². The van der Waals surface area contributed by atoms with E-state index in [4.69, 9.17) is 9.47 Å². The molecule has 1 heterocycles. The van der Waals surface area contributed by atoms with Crippen molar-refractivity contribution in [3.63, 3.8) is 0 Å². The highest BCUT2D eigenvalue weighted by Crippen LogP contribution is 2.32. The maximum atomic E-state index is 12.0. The first-order chi connectivity index (χ1) is 10.2. The molecule has 1 aromatic rings. The summed E-state index contributed by atoms with van der Waals surface area (Å²) in [5, 5.41) is 3.09. The number of hydrogen-bond acceptors (Lipinski definition) is 3. The molecule has 1 fully saturated rings. The number of carbonyl (C=O) groups is 1. The normalized spacial score (nSPS) is 24.2. The van der Waals surface area contributed by atoms with Crippen LogP contribution in [0.3, 0.4) is 0 Å². The summed E-state index contributed by atoms with van der Waals surface area (Å²) in [6, 6.07) is 5.99. The molecular weight excluding hydrogens is 266 g/mol. The van der Waals surface area contributed by atoms with Crippen molar-refractivity contribution >= 4 is 12.0 Å². The Balaban J connectivity index is 1.56. The van der Waals surface area contributed by atoms with Gasteiger partial charge in [-0.15, -0.1) is 0 Å². The molecule has 21 heavy (non-hydrogen) atoms. The number of ether oxygens (including phenoxy) is 2. The highest BCUT2D eigenvalue weighted by molar-refractivity contribution is 5.92. The lowest BCUT2D eigenvalue weighted by atomic mass is 9.87. The molecule has 2 atom stereocenters. The molecule has 4 heteroatoms. The zero-order valence-corrected chi connectivity index (χ0v) is 12.3. The van der Waals surface area contributed by atoms with Gasteiger partial charge < -0.3 is 14.8 Å². The summed E-state index contributed by atoms with van der Waals surface area (Å²) in [7, 11) is 0. The highest BCUT2D eigenvalue weighted by atomic mass is 16.7. The third kappa shape index (κ3) is 3.57. The second-order valence-electron chi connectivity index (χ2n) is 5.92. The lowest BCUT2D eigenvalue weighted by Crippen LogP contribution is -2.36. The standard InChI is InChI=1S/C17H21NO3/c1-12-3-2-4-14(9-12)18-17(19)8-6-13-5-7-15-16(10-13)21-11-20-15/h5-8,10,12,14H,2-4,9,11H2,1H3,(H,18,19). The first kappa shape index (κ1) is 14.0. The Labute approximate surface area is 125 Å². The average Bonchev–Trinajstić information content (AvgIpc) is 2.92. The topological polar surface area (TPSA) is 47.6 Å². The van der Waals surface area contributed by atoms with Crippen molar-refractivity contribution in [2.75, 3.05) is 6.79 Å². The van der Waals surface area contributed by atoms with E-state index in [2.05, 4.69) is 12.2 Å². The zero-order valence-electron chi connectivity index (χ0n) is 12.3. The van der Waals surface area contributed by atoms with Gasteiger partial charge in [0.1, 0.15) is 0 Å². The molecule has 0 aromatic heterocycles. The van der Waals surface area contributed by atoms with Gasteiger partial charge in [0.05, 0.1) is 0 Å². The maximum Gasteiger partial charge on any atom is 0.244 e. The summed E-state index contributed by atoms with van der Waals surface area (Å²) in [5.41, 5.74) is 0.936. The Bertz CT molecular complexity index is 553. The molecule has 2 unspecified atom stereocenters. The molecule has 3 rings (SSSR count). The van der Waals surface area contributed by atoms with Gasteiger partial charge in [0.2, 0.25) is 12.7 Å². The van der Waals surface area contributed by atoms with E-state index < -0.39 is 0 Å². The number of benzene rings is 1. The van der Waals surface area contributed by atoms with E-state index in [0.717, 1.165) is 29.9 Å². The van der Waals surface area contributed by atoms with Gasteiger partial charge in [0.25, 0.3) is 0 Å². The minimum atomic E-state index is -0.0215. The van der Waals surface area contributed by atoms with Gasteiger partial charge in [-0.05, 0) is 42.5 Å². The van der Waals surface area contributed by atoms with Gasteiger partial charge in [-0.2, -0.15) is 0 Å². The van der Waals surface area contributed by atoms with Crippen LogP contribution < -0.4 is 14.8 Å². The molecule has 1 aromatic carbocycles. The van der Waals surface area contributed by atoms with Gasteiger partial charge in [-0.25, -0.2) is 0 Å². The van der Waals surface area contributed by atoms with Crippen molar-refractivity contribution in [3.05, 3.63) is 29.8 Å². The molecule has 1 saturated carbocycles. The van der Waals surface area contributed by atoms with Crippen molar-refractivity contribution in [1.82, 2.24) is 5.32 Å². The number of fused-ring (bicyclic) bond motifs is 1. The van der Waals surface area contributed by atoms with Crippen molar-refractivity contribution in [1.29, 1.82) is 0 Å². The minimum Gasteiger partial charge on any atom is -0.454 e. The van der Waals surface area contributed by atoms with E-state index in [-0.39, 0.29) is 12.7 Å². The van der Waals surface area contributed by atoms with E-state index in [1.165, 1.54) is 12.8 Å². The highest BCUT2D eigenvalue weighted by Gasteiger charge is 2.19. The summed E-state index contributed by atoms with van der Waals surface area (Å²) in [6.07, 6.45) is 8.06. The predicted molar refractivity (Wildman–Crippen MR) is 81.2 cm³/mol. The van der Waals surface area contributed by atoms with Crippen LogP contribution in [0.5, 0.6) is 11.5 Å². The van der Waals surface area contributed by atoms with Gasteiger partial charge in [0.15, 0.2) is 11.5 Å². The second-order valence-corrected chi connectivity index (χ2v) is 5.92. The number of carbonyl (C=O) groups excluding carboxylic acids is 1. The van der Waals surface area contributed by atoms with Crippen molar-refractivity contribution in [2.24, 2.45) is 5.92 Å². The summed E-state index contributed by atoms with van der Waals surface area (Å²) < 4.78 is 10.6. The molecule has 1 amide bonds. The van der Waals surface area contributed by atoms with Gasteiger partial charge >= 0.3 is 0 Å². The quantitative estimate of drug-likeness (QED) is 0.869. The van der Waals surface area contributed by atoms with Crippen LogP contribution in [0.4, 0.5) is 0 Å². The lowest BCUT2D eigenvalue weighted by Gasteiger charge is -2.26. The number of hydrogen-bond donors (Lipinski definition) is 1. The molecule has 1 aliphatic carbocycles. The molecule has 112 valence electrons. The SMILES string of the molecule is CC1CCCC(NC(=O)C=Cc2ccc3c(c2)OCO3)C1. The second kappa shape index (κ2) is 6.20. The molecule has 0 saturated heterocycles. The Kier molecular flexibility index (Phi) is 4.13. The number of rotatable bonds is 3. The van der Waals surface area contributed by atoms with Gasteiger partial charge in [0, 0.05) is 12.1 Å². The summed E-state index contributed by atoms with van der Waals surface area (Å²) in [5.74, 6) is 2.18. The fourth-order valence-electron chi connectivity index (χ4n) is 3.00. The smallest absolute Gasteiger partial charge is 0.244 e. The fourth-order valence-corrected chi connectivity index (χ4v) is 3.00. The van der Waals surface area contributed by atoms with Crippen LogP contribution in [0, 0.1) is 5.92 Å². The summed E-state index contributed by atoms with van der Waals surface area (Å²) in [4.78, 5) is 12.0. The van der Waals surface area contributed by atoms with Crippen LogP contribution >= 0.6 is 0 Å². The van der Waals surface area contributed by atoms with Gasteiger partial charge in [-0.1, -0.05) is 25.8 Å². The number of amides is 1. The third-order valence-electron chi connectivity index (χ3n) is 4.11. The number of nitrogens with one attached hydrogen (secondary N) is 1. The first-order valence-corrected chi connectivity index (χ1v) is 7.59. The molecule has 4 nitrogen and oxygen atoms in total. The largest absolute Gasteiger partial charge is 0.454 e. The lowest BCUT2D eigenvalue weighted by molar-refractivity contribution is -0.117. The van der Waals surface area contributed by atoms with Crippen molar-refractivity contribution in [3.8, 4) is 11.5 Å². The van der Waals surface area contributed by atoms with E-state index in [1.807, 2.05) is 24.3 Å². The van der Waals surface area contributed by atoms with E-state index in [1.54, 1.807) is 6.08 Å². The van der Waals surface area contributed by atoms with Crippen molar-refractivity contribution < 1.29 is 14.3 Å². The Morgan fingerprint density at radius 2 is 2.14 bits per heavy atom. The minimum absolute atomic E-state index is 0.0215. The molecule has 2 aliphatic rings.